The van der Waals surface area contributed by atoms with Gasteiger partial charge in [-0.15, -0.1) is 5.10 Å². The molecule has 0 aliphatic rings. The van der Waals surface area contributed by atoms with Gasteiger partial charge in [-0.1, -0.05) is 22.0 Å². The first kappa shape index (κ1) is 12.0. The summed E-state index contributed by atoms with van der Waals surface area (Å²) in [4.78, 5) is 4.35. The summed E-state index contributed by atoms with van der Waals surface area (Å²) in [6.45, 7) is 0.317. The van der Waals surface area contributed by atoms with Crippen LogP contribution >= 0.6 is 15.9 Å². The molecule has 19 heavy (non-hydrogen) atoms. The first-order chi connectivity index (χ1) is 9.20. The lowest BCUT2D eigenvalue weighted by molar-refractivity contribution is 0.296. The Kier molecular flexibility index (Phi) is 3.08. The molecular formula is C13H11BrN4O. The number of halogens is 1. The van der Waals surface area contributed by atoms with Crippen LogP contribution in [-0.2, 0) is 6.61 Å². The summed E-state index contributed by atoms with van der Waals surface area (Å²) < 4.78 is 8.28. The van der Waals surface area contributed by atoms with Crippen LogP contribution in [0, 0.1) is 0 Å². The molecule has 0 amide bonds. The molecular weight excluding hydrogens is 308 g/mol. The topological polar surface area (TPSA) is 65.4 Å². The molecule has 6 heteroatoms. The van der Waals surface area contributed by atoms with E-state index in [-0.39, 0.29) is 0 Å². The Hall–Kier alpha value is -2.08. The van der Waals surface area contributed by atoms with Crippen molar-refractivity contribution in [3.63, 3.8) is 0 Å². The van der Waals surface area contributed by atoms with Gasteiger partial charge < -0.3 is 10.5 Å². The standard InChI is InChI=1S/C13H11BrN4O/c14-9-2-1-3-11(6-9)19-8-12-16-13-7-10(15)4-5-18(13)17-12/h1-7H,8,15H2. The Balaban J connectivity index is 1.78. The van der Waals surface area contributed by atoms with Crippen LogP contribution in [0.25, 0.3) is 5.65 Å². The molecule has 5 nitrogen and oxygen atoms in total. The average Bonchev–Trinajstić information content (AvgIpc) is 2.78. The smallest absolute Gasteiger partial charge is 0.189 e. The number of hydrogen-bond acceptors (Lipinski definition) is 4. The number of nitrogens with two attached hydrogens (primary N) is 1. The number of nitrogens with zero attached hydrogens (tertiary/aromatic N) is 3. The largest absolute Gasteiger partial charge is 0.485 e. The Bertz CT molecular complexity index is 725. The highest BCUT2D eigenvalue weighted by Crippen LogP contribution is 2.18. The van der Waals surface area contributed by atoms with Crippen molar-refractivity contribution < 1.29 is 4.74 Å². The van der Waals surface area contributed by atoms with Crippen LogP contribution in [-0.4, -0.2) is 14.6 Å². The molecule has 0 atom stereocenters. The van der Waals surface area contributed by atoms with E-state index >= 15 is 0 Å². The van der Waals surface area contributed by atoms with Crippen LogP contribution in [0.1, 0.15) is 5.82 Å². The molecule has 0 fully saturated rings. The van der Waals surface area contributed by atoms with Gasteiger partial charge in [0.1, 0.15) is 12.4 Å². The van der Waals surface area contributed by atoms with Crippen molar-refractivity contribution in [2.75, 3.05) is 5.73 Å². The molecule has 0 spiro atoms. The number of pyridine rings is 1. The van der Waals surface area contributed by atoms with E-state index in [4.69, 9.17) is 10.5 Å². The summed E-state index contributed by atoms with van der Waals surface area (Å²) in [5.74, 6) is 1.39. The predicted molar refractivity (Wildman–Crippen MR) is 75.9 cm³/mol. The third-order valence-electron chi connectivity index (χ3n) is 2.57. The highest BCUT2D eigenvalue weighted by Gasteiger charge is 2.04. The highest BCUT2D eigenvalue weighted by molar-refractivity contribution is 9.10. The van der Waals surface area contributed by atoms with Crippen LogP contribution < -0.4 is 10.5 Å². The Morgan fingerprint density at radius 2 is 2.16 bits per heavy atom. The van der Waals surface area contributed by atoms with E-state index in [1.165, 1.54) is 0 Å². The molecule has 1 aromatic carbocycles. The van der Waals surface area contributed by atoms with E-state index in [2.05, 4.69) is 26.0 Å². The van der Waals surface area contributed by atoms with Crippen LogP contribution in [0.2, 0.25) is 0 Å². The van der Waals surface area contributed by atoms with Crippen molar-refractivity contribution in [1.82, 2.24) is 14.6 Å². The van der Waals surface area contributed by atoms with Crippen LogP contribution in [0.3, 0.4) is 0 Å². The first-order valence-electron chi connectivity index (χ1n) is 5.70. The van der Waals surface area contributed by atoms with Gasteiger partial charge in [0.15, 0.2) is 11.5 Å². The Morgan fingerprint density at radius 3 is 3.00 bits per heavy atom. The minimum Gasteiger partial charge on any atom is -0.485 e. The Labute approximate surface area is 118 Å². The van der Waals surface area contributed by atoms with E-state index in [0.29, 0.717) is 23.8 Å². The molecule has 3 aromatic rings. The Morgan fingerprint density at radius 1 is 1.26 bits per heavy atom. The van der Waals surface area contributed by atoms with Gasteiger partial charge in [-0.05, 0) is 24.3 Å². The quantitative estimate of drug-likeness (QED) is 0.806. The number of nitrogen functional groups attached to an aromatic ring is 1. The van der Waals surface area contributed by atoms with Gasteiger partial charge in [-0.2, -0.15) is 0 Å². The van der Waals surface area contributed by atoms with Crippen LogP contribution in [0.15, 0.2) is 47.1 Å². The molecule has 0 saturated carbocycles. The fourth-order valence-electron chi connectivity index (χ4n) is 1.71. The van der Waals surface area contributed by atoms with E-state index in [1.807, 2.05) is 24.3 Å². The van der Waals surface area contributed by atoms with Crippen molar-refractivity contribution in [2.24, 2.45) is 0 Å². The highest BCUT2D eigenvalue weighted by atomic mass is 79.9. The molecule has 2 heterocycles. The zero-order valence-corrected chi connectivity index (χ0v) is 11.5. The molecule has 0 unspecified atom stereocenters. The third-order valence-corrected chi connectivity index (χ3v) is 3.06. The lowest BCUT2D eigenvalue weighted by Crippen LogP contribution is -1.98. The number of anilines is 1. The summed E-state index contributed by atoms with van der Waals surface area (Å²) in [6.07, 6.45) is 1.78. The fourth-order valence-corrected chi connectivity index (χ4v) is 2.09. The van der Waals surface area contributed by atoms with Gasteiger partial charge in [-0.25, -0.2) is 9.50 Å². The number of rotatable bonds is 3. The monoisotopic (exact) mass is 318 g/mol. The predicted octanol–water partition coefficient (Wildman–Crippen LogP) is 2.65. The number of hydrogen-bond donors (Lipinski definition) is 1. The van der Waals surface area contributed by atoms with Gasteiger partial charge >= 0.3 is 0 Å². The number of fused-ring (bicyclic) bond motifs is 1. The molecule has 3 rings (SSSR count). The van der Waals surface area contributed by atoms with Gasteiger partial charge in [0.2, 0.25) is 0 Å². The lowest BCUT2D eigenvalue weighted by atomic mass is 10.3. The summed E-state index contributed by atoms with van der Waals surface area (Å²) in [7, 11) is 0. The number of aromatic nitrogens is 3. The zero-order valence-electron chi connectivity index (χ0n) is 9.95. The minimum absolute atomic E-state index is 0.317. The maximum Gasteiger partial charge on any atom is 0.189 e. The molecule has 0 radical (unpaired) electrons. The molecule has 2 N–H and O–H groups in total. The molecule has 96 valence electrons. The molecule has 0 bridgehead atoms. The first-order valence-corrected chi connectivity index (χ1v) is 6.49. The van der Waals surface area contributed by atoms with E-state index < -0.39 is 0 Å². The van der Waals surface area contributed by atoms with Crippen LogP contribution in [0.5, 0.6) is 5.75 Å². The van der Waals surface area contributed by atoms with Crippen molar-refractivity contribution >= 4 is 27.3 Å². The molecule has 0 saturated heterocycles. The zero-order chi connectivity index (χ0) is 13.2. The molecule has 0 aliphatic carbocycles. The fraction of sp³-hybridized carbons (Fsp3) is 0.0769. The maximum absolute atomic E-state index is 5.70. The van der Waals surface area contributed by atoms with Gasteiger partial charge in [-0.3, -0.25) is 0 Å². The summed E-state index contributed by atoms with van der Waals surface area (Å²) in [6, 6.07) is 11.2. The number of benzene rings is 1. The molecule has 0 aliphatic heterocycles. The second-order valence-electron chi connectivity index (χ2n) is 4.04. The second kappa shape index (κ2) is 4.89. The SMILES string of the molecule is Nc1ccn2nc(COc3cccc(Br)c3)nc2c1. The minimum atomic E-state index is 0.317. The van der Waals surface area contributed by atoms with Crippen molar-refractivity contribution in [3.8, 4) is 5.75 Å². The second-order valence-corrected chi connectivity index (χ2v) is 4.95. The average molecular weight is 319 g/mol. The summed E-state index contributed by atoms with van der Waals surface area (Å²) in [5.41, 5.74) is 7.08. The normalized spacial score (nSPS) is 10.8. The van der Waals surface area contributed by atoms with E-state index in [9.17, 15) is 0 Å². The van der Waals surface area contributed by atoms with Crippen LogP contribution in [0.4, 0.5) is 5.69 Å². The third kappa shape index (κ3) is 2.68. The van der Waals surface area contributed by atoms with Gasteiger partial charge in [0, 0.05) is 22.4 Å². The van der Waals surface area contributed by atoms with E-state index in [1.54, 1.807) is 22.8 Å². The van der Waals surface area contributed by atoms with Crippen molar-refractivity contribution in [2.45, 2.75) is 6.61 Å². The van der Waals surface area contributed by atoms with Crippen molar-refractivity contribution in [3.05, 3.63) is 52.9 Å². The maximum atomic E-state index is 5.70. The van der Waals surface area contributed by atoms with Gasteiger partial charge in [0.05, 0.1) is 0 Å². The van der Waals surface area contributed by atoms with Crippen molar-refractivity contribution in [1.29, 1.82) is 0 Å². The summed E-state index contributed by atoms with van der Waals surface area (Å²) >= 11 is 3.40. The molecule has 2 aromatic heterocycles. The lowest BCUT2D eigenvalue weighted by Gasteiger charge is -2.03. The number of ether oxygens (including phenoxy) is 1. The van der Waals surface area contributed by atoms with Gasteiger partial charge in [0.25, 0.3) is 0 Å². The summed E-state index contributed by atoms with van der Waals surface area (Å²) in [5, 5.41) is 4.30. The van der Waals surface area contributed by atoms with E-state index in [0.717, 1.165) is 10.2 Å².